The molecule has 1 aliphatic carbocycles. The number of nitrogens with one attached hydrogen (secondary N) is 1. The highest BCUT2D eigenvalue weighted by atomic mass is 32.2. The number of benzene rings is 2. The first-order chi connectivity index (χ1) is 17.4. The molecule has 1 unspecified atom stereocenters. The van der Waals surface area contributed by atoms with Gasteiger partial charge in [0.25, 0.3) is 5.91 Å². The highest BCUT2D eigenvalue weighted by Crippen LogP contribution is 2.56. The van der Waals surface area contributed by atoms with E-state index in [0.29, 0.717) is 18.9 Å². The molecule has 1 amide bonds. The molecule has 0 aromatic heterocycles. The first kappa shape index (κ1) is 27.5. The molecule has 1 spiro atoms. The summed E-state index contributed by atoms with van der Waals surface area (Å²) in [5.41, 5.74) is -3.14. The minimum Gasteiger partial charge on any atom is -0.381 e. The van der Waals surface area contributed by atoms with Crippen molar-refractivity contribution < 1.29 is 39.9 Å². The average Bonchev–Trinajstić information content (AvgIpc) is 3.54. The predicted octanol–water partition coefficient (Wildman–Crippen LogP) is 3.89. The molecule has 1 aliphatic heterocycles. The quantitative estimate of drug-likeness (QED) is 0.485. The number of carbonyl (C=O) groups excluding carboxylic acids is 1. The van der Waals surface area contributed by atoms with Gasteiger partial charge in [-0.3, -0.25) is 4.79 Å². The molecule has 4 atom stereocenters. The standard InChI is InChI=1S/C25H27F5N2O4S/c1-14(26)37(34,35)31-23-21(32(13-25(23)6-7-25)24(33)20(29)12-36-2)10-15-4-3-5-19(22(15)30)16-8-17(27)11-18(28)9-16/h3-5,8-9,11,14,20-21,23,31H,6-7,10,12-13H2,1-2H3/t14?,20-,21+,23-/m1/s1. The van der Waals surface area contributed by atoms with Gasteiger partial charge in [-0.1, -0.05) is 18.2 Å². The van der Waals surface area contributed by atoms with Crippen molar-refractivity contribution in [3.8, 4) is 11.1 Å². The molecule has 4 rings (SSSR count). The lowest BCUT2D eigenvalue weighted by molar-refractivity contribution is -0.139. The maximum atomic E-state index is 15.6. The molecular formula is C25H27F5N2O4S. The molecular weight excluding hydrogens is 519 g/mol. The van der Waals surface area contributed by atoms with E-state index in [0.717, 1.165) is 19.1 Å². The van der Waals surface area contributed by atoms with Crippen molar-refractivity contribution in [1.82, 2.24) is 9.62 Å². The third kappa shape index (κ3) is 5.51. The van der Waals surface area contributed by atoms with Crippen molar-refractivity contribution in [2.75, 3.05) is 20.3 Å². The lowest BCUT2D eigenvalue weighted by Crippen LogP contribution is -2.52. The topological polar surface area (TPSA) is 75.7 Å². The van der Waals surface area contributed by atoms with Crippen LogP contribution in [0.3, 0.4) is 0 Å². The summed E-state index contributed by atoms with van der Waals surface area (Å²) in [7, 11) is -3.22. The van der Waals surface area contributed by atoms with Crippen LogP contribution in [-0.4, -0.2) is 63.2 Å². The largest absolute Gasteiger partial charge is 0.381 e. The van der Waals surface area contributed by atoms with Crippen LogP contribution in [0.2, 0.25) is 0 Å². The van der Waals surface area contributed by atoms with Crippen molar-refractivity contribution in [1.29, 1.82) is 0 Å². The van der Waals surface area contributed by atoms with Crippen LogP contribution in [-0.2, 0) is 26.0 Å². The Labute approximate surface area is 211 Å². The number of halogens is 5. The van der Waals surface area contributed by atoms with Crippen molar-refractivity contribution in [2.45, 2.75) is 49.9 Å². The predicted molar refractivity (Wildman–Crippen MR) is 126 cm³/mol. The van der Waals surface area contributed by atoms with Crippen molar-refractivity contribution in [2.24, 2.45) is 5.41 Å². The Bertz CT molecular complexity index is 1270. The van der Waals surface area contributed by atoms with Gasteiger partial charge in [0.05, 0.1) is 12.6 Å². The molecule has 6 nitrogen and oxygen atoms in total. The molecule has 1 saturated carbocycles. The number of amides is 1. The summed E-state index contributed by atoms with van der Waals surface area (Å²) in [5, 5.41) is 0. The number of carbonyl (C=O) groups is 1. The van der Waals surface area contributed by atoms with Gasteiger partial charge < -0.3 is 9.64 Å². The van der Waals surface area contributed by atoms with E-state index < -0.39 is 69.2 Å². The van der Waals surface area contributed by atoms with Crippen molar-refractivity contribution in [3.05, 3.63) is 59.4 Å². The highest BCUT2D eigenvalue weighted by Gasteiger charge is 2.62. The molecule has 1 saturated heterocycles. The minimum absolute atomic E-state index is 0.00487. The Morgan fingerprint density at radius 2 is 1.81 bits per heavy atom. The van der Waals surface area contributed by atoms with E-state index in [9.17, 15) is 30.8 Å². The van der Waals surface area contributed by atoms with Crippen LogP contribution >= 0.6 is 0 Å². The highest BCUT2D eigenvalue weighted by molar-refractivity contribution is 7.89. The van der Waals surface area contributed by atoms with Gasteiger partial charge in [-0.2, -0.15) is 0 Å². The summed E-state index contributed by atoms with van der Waals surface area (Å²) in [4.78, 5) is 14.2. The number of ether oxygens (including phenoxy) is 1. The first-order valence-corrected chi connectivity index (χ1v) is 13.3. The van der Waals surface area contributed by atoms with Crippen molar-refractivity contribution in [3.63, 3.8) is 0 Å². The fraction of sp³-hybridized carbons (Fsp3) is 0.480. The SMILES string of the molecule is COC[C@@H](F)C(=O)N1CC2(CC2)[C@H](NS(=O)(=O)C(C)F)[C@@H]1Cc1cccc(-c2cc(F)cc(F)c2)c1F. The van der Waals surface area contributed by atoms with Gasteiger partial charge in [-0.25, -0.2) is 35.1 Å². The molecule has 2 aromatic carbocycles. The van der Waals surface area contributed by atoms with Crippen LogP contribution in [0, 0.1) is 22.9 Å². The summed E-state index contributed by atoms with van der Waals surface area (Å²) in [6.45, 7) is 0.332. The van der Waals surface area contributed by atoms with Gasteiger partial charge in [-0.15, -0.1) is 0 Å². The third-order valence-corrected chi connectivity index (χ3v) is 8.52. The fourth-order valence-corrected chi connectivity index (χ4v) is 5.96. The lowest BCUT2D eigenvalue weighted by atomic mass is 9.91. The van der Waals surface area contributed by atoms with Crippen LogP contribution in [0.15, 0.2) is 36.4 Å². The zero-order valence-corrected chi connectivity index (χ0v) is 21.0. The number of nitrogens with zero attached hydrogens (tertiary/aromatic N) is 1. The Morgan fingerprint density at radius 3 is 2.38 bits per heavy atom. The zero-order valence-electron chi connectivity index (χ0n) is 20.2. The second-order valence-electron chi connectivity index (χ2n) is 9.64. The van der Waals surface area contributed by atoms with Crippen LogP contribution in [0.4, 0.5) is 22.0 Å². The van der Waals surface area contributed by atoms with Gasteiger partial charge in [0.1, 0.15) is 17.5 Å². The van der Waals surface area contributed by atoms with Gasteiger partial charge in [0.15, 0.2) is 0 Å². The van der Waals surface area contributed by atoms with Gasteiger partial charge in [0.2, 0.25) is 21.7 Å². The lowest BCUT2D eigenvalue weighted by Gasteiger charge is -2.30. The number of methoxy groups -OCH3 is 1. The summed E-state index contributed by atoms with van der Waals surface area (Å²) >= 11 is 0. The Morgan fingerprint density at radius 1 is 1.16 bits per heavy atom. The van der Waals surface area contributed by atoms with E-state index in [4.69, 9.17) is 4.74 Å². The summed E-state index contributed by atoms with van der Waals surface area (Å²) < 4.78 is 104. The third-order valence-electron chi connectivity index (χ3n) is 7.09. The van der Waals surface area contributed by atoms with Crippen LogP contribution in [0.5, 0.6) is 0 Å². The summed E-state index contributed by atoms with van der Waals surface area (Å²) in [6.07, 6.45) is -1.27. The molecule has 12 heteroatoms. The Kier molecular flexibility index (Phi) is 7.64. The number of hydrogen-bond acceptors (Lipinski definition) is 4. The molecule has 2 aliphatic rings. The van der Waals surface area contributed by atoms with Crippen LogP contribution in [0.1, 0.15) is 25.3 Å². The number of rotatable bonds is 9. The van der Waals surface area contributed by atoms with Crippen molar-refractivity contribution >= 4 is 15.9 Å². The molecule has 202 valence electrons. The average molecular weight is 547 g/mol. The normalized spacial score (nSPS) is 22.3. The molecule has 37 heavy (non-hydrogen) atoms. The Hall–Kier alpha value is -2.57. The number of sulfonamides is 1. The van der Waals surface area contributed by atoms with Gasteiger partial charge in [-0.05, 0) is 49.4 Å². The Balaban J connectivity index is 1.74. The second kappa shape index (κ2) is 10.3. The van der Waals surface area contributed by atoms with Crippen LogP contribution < -0.4 is 4.72 Å². The molecule has 2 aromatic rings. The van der Waals surface area contributed by atoms with Gasteiger partial charge >= 0.3 is 0 Å². The van der Waals surface area contributed by atoms with E-state index >= 15 is 4.39 Å². The molecule has 1 heterocycles. The molecule has 0 bridgehead atoms. The first-order valence-electron chi connectivity index (χ1n) is 11.7. The maximum absolute atomic E-state index is 15.6. The monoisotopic (exact) mass is 546 g/mol. The maximum Gasteiger partial charge on any atom is 0.259 e. The van der Waals surface area contributed by atoms with E-state index in [1.54, 1.807) is 0 Å². The summed E-state index contributed by atoms with van der Waals surface area (Å²) in [5.74, 6) is -3.57. The van der Waals surface area contributed by atoms with E-state index in [1.165, 1.54) is 30.2 Å². The molecule has 2 fully saturated rings. The van der Waals surface area contributed by atoms with Gasteiger partial charge in [0, 0.05) is 36.7 Å². The van der Waals surface area contributed by atoms with E-state index in [1.807, 2.05) is 0 Å². The summed E-state index contributed by atoms with van der Waals surface area (Å²) in [6, 6.07) is 4.71. The second-order valence-corrected chi connectivity index (χ2v) is 11.6. The zero-order chi connectivity index (χ0) is 27.1. The smallest absolute Gasteiger partial charge is 0.259 e. The van der Waals surface area contributed by atoms with Crippen LogP contribution in [0.25, 0.3) is 11.1 Å². The number of likely N-dealkylation sites (tertiary alicyclic amines) is 1. The number of alkyl halides is 2. The fourth-order valence-electron chi connectivity index (χ4n) is 5.01. The molecule has 0 radical (unpaired) electrons. The van der Waals surface area contributed by atoms with E-state index in [-0.39, 0.29) is 29.7 Å². The number of hydrogen-bond donors (Lipinski definition) is 1. The van der Waals surface area contributed by atoms with E-state index in [2.05, 4.69) is 4.72 Å². The minimum atomic E-state index is -4.44. The molecule has 1 N–H and O–H groups in total.